The molecular formula is C20H19ClN4O3S2. The van der Waals surface area contributed by atoms with Crippen LogP contribution in [0.1, 0.15) is 10.6 Å². The van der Waals surface area contributed by atoms with Gasteiger partial charge in [-0.15, -0.1) is 22.7 Å². The van der Waals surface area contributed by atoms with Gasteiger partial charge in [-0.2, -0.15) is 0 Å². The van der Waals surface area contributed by atoms with E-state index in [-0.39, 0.29) is 37.1 Å². The number of carbonyl (C=O) groups is 3. The van der Waals surface area contributed by atoms with E-state index >= 15 is 0 Å². The van der Waals surface area contributed by atoms with E-state index < -0.39 is 0 Å². The lowest BCUT2D eigenvalue weighted by Crippen LogP contribution is -2.35. The van der Waals surface area contributed by atoms with E-state index in [0.717, 1.165) is 4.88 Å². The molecule has 2 aromatic heterocycles. The fourth-order valence-electron chi connectivity index (χ4n) is 2.53. The third-order valence-electron chi connectivity index (χ3n) is 4.00. The van der Waals surface area contributed by atoms with Crippen LogP contribution in [0.15, 0.2) is 47.2 Å². The number of nitrogens with zero attached hydrogens (tertiary/aromatic N) is 2. The Morgan fingerprint density at radius 1 is 1.03 bits per heavy atom. The molecule has 30 heavy (non-hydrogen) atoms. The summed E-state index contributed by atoms with van der Waals surface area (Å²) in [5.41, 5.74) is 1.03. The Morgan fingerprint density at radius 3 is 2.57 bits per heavy atom. The molecule has 2 N–H and O–H groups in total. The lowest BCUT2D eigenvalue weighted by molar-refractivity contribution is -0.132. The molecule has 2 heterocycles. The molecule has 3 rings (SSSR count). The molecule has 0 fully saturated rings. The van der Waals surface area contributed by atoms with Crippen LogP contribution in [0.25, 0.3) is 0 Å². The Morgan fingerprint density at radius 2 is 1.83 bits per heavy atom. The molecule has 0 saturated carbocycles. The molecule has 156 valence electrons. The Labute approximate surface area is 186 Å². The van der Waals surface area contributed by atoms with Gasteiger partial charge in [-0.05, 0) is 23.6 Å². The van der Waals surface area contributed by atoms with E-state index in [0.29, 0.717) is 21.5 Å². The van der Waals surface area contributed by atoms with E-state index in [1.165, 1.54) is 27.6 Å². The molecule has 0 saturated heterocycles. The average Bonchev–Trinajstić information content (AvgIpc) is 3.35. The average molecular weight is 463 g/mol. The number of amides is 3. The smallest absolute Gasteiger partial charge is 0.244 e. The number of halogens is 1. The van der Waals surface area contributed by atoms with Crippen molar-refractivity contribution in [1.29, 1.82) is 0 Å². The first kappa shape index (κ1) is 21.9. The summed E-state index contributed by atoms with van der Waals surface area (Å²) in [5.74, 6) is -0.761. The SMILES string of the molecule is CN(CC(=O)Nc1ccccc1Cl)C(=O)Cc1csc(NC(=O)Cc2cccs2)n1. The highest BCUT2D eigenvalue weighted by molar-refractivity contribution is 7.14. The zero-order valence-electron chi connectivity index (χ0n) is 16.1. The Bertz CT molecular complexity index is 1040. The Hall–Kier alpha value is -2.75. The predicted molar refractivity (Wildman–Crippen MR) is 120 cm³/mol. The minimum absolute atomic E-state index is 0.0349. The van der Waals surface area contributed by atoms with Crippen molar-refractivity contribution in [3.8, 4) is 0 Å². The highest BCUT2D eigenvalue weighted by Gasteiger charge is 2.16. The molecule has 7 nitrogen and oxygen atoms in total. The number of para-hydroxylation sites is 1. The maximum Gasteiger partial charge on any atom is 0.244 e. The second-order valence-electron chi connectivity index (χ2n) is 6.40. The summed E-state index contributed by atoms with van der Waals surface area (Å²) in [6.07, 6.45) is 0.321. The quantitative estimate of drug-likeness (QED) is 0.534. The number of anilines is 2. The largest absolute Gasteiger partial charge is 0.336 e. The molecule has 0 spiro atoms. The third-order valence-corrected chi connectivity index (χ3v) is 6.01. The van der Waals surface area contributed by atoms with Gasteiger partial charge in [-0.25, -0.2) is 4.98 Å². The number of thiophene rings is 1. The summed E-state index contributed by atoms with van der Waals surface area (Å²) in [5, 5.41) is 9.93. The first-order chi connectivity index (χ1) is 14.4. The van der Waals surface area contributed by atoms with Crippen LogP contribution in [0, 0.1) is 0 Å². The number of carbonyl (C=O) groups excluding carboxylic acids is 3. The van der Waals surface area contributed by atoms with Crippen molar-refractivity contribution in [3.63, 3.8) is 0 Å². The molecule has 0 unspecified atom stereocenters. The fraction of sp³-hybridized carbons (Fsp3) is 0.200. The normalized spacial score (nSPS) is 10.5. The number of hydrogen-bond donors (Lipinski definition) is 2. The molecule has 0 aliphatic rings. The lowest BCUT2D eigenvalue weighted by Gasteiger charge is -2.16. The van der Waals surface area contributed by atoms with Crippen LogP contribution in [-0.4, -0.2) is 41.2 Å². The molecule has 0 aliphatic heterocycles. The number of likely N-dealkylation sites (N-methyl/N-ethyl adjacent to an activating group) is 1. The summed E-state index contributed by atoms with van der Waals surface area (Å²) in [4.78, 5) is 43.2. The van der Waals surface area contributed by atoms with Crippen LogP contribution in [0.5, 0.6) is 0 Å². The molecule has 0 bridgehead atoms. The van der Waals surface area contributed by atoms with Crippen molar-refractivity contribution in [1.82, 2.24) is 9.88 Å². The number of benzene rings is 1. The Kier molecular flexibility index (Phi) is 7.56. The highest BCUT2D eigenvalue weighted by Crippen LogP contribution is 2.20. The van der Waals surface area contributed by atoms with Gasteiger partial charge in [0.15, 0.2) is 5.13 Å². The van der Waals surface area contributed by atoms with Gasteiger partial charge in [-0.3, -0.25) is 14.4 Å². The molecule has 0 atom stereocenters. The van der Waals surface area contributed by atoms with Crippen molar-refractivity contribution in [2.24, 2.45) is 0 Å². The highest BCUT2D eigenvalue weighted by atomic mass is 35.5. The van der Waals surface area contributed by atoms with Crippen LogP contribution in [0.2, 0.25) is 5.02 Å². The summed E-state index contributed by atoms with van der Waals surface area (Å²) in [6, 6.07) is 10.7. The second kappa shape index (κ2) is 10.3. The number of thiazole rings is 1. The van der Waals surface area contributed by atoms with Gasteiger partial charge in [0.25, 0.3) is 0 Å². The van der Waals surface area contributed by atoms with E-state index in [1.54, 1.807) is 36.7 Å². The third kappa shape index (κ3) is 6.38. The van der Waals surface area contributed by atoms with Gasteiger partial charge in [0.1, 0.15) is 0 Å². The van der Waals surface area contributed by atoms with Gasteiger partial charge in [0, 0.05) is 17.3 Å². The van der Waals surface area contributed by atoms with E-state index in [4.69, 9.17) is 11.6 Å². The van der Waals surface area contributed by atoms with Gasteiger partial charge in [0.2, 0.25) is 17.7 Å². The maximum absolute atomic E-state index is 12.4. The van der Waals surface area contributed by atoms with E-state index in [9.17, 15) is 14.4 Å². The van der Waals surface area contributed by atoms with Gasteiger partial charge in [0.05, 0.1) is 35.8 Å². The molecule has 3 aromatic rings. The maximum atomic E-state index is 12.4. The summed E-state index contributed by atoms with van der Waals surface area (Å²) < 4.78 is 0. The van der Waals surface area contributed by atoms with E-state index in [1.807, 2.05) is 17.5 Å². The number of aromatic nitrogens is 1. The monoisotopic (exact) mass is 462 g/mol. The molecule has 0 radical (unpaired) electrons. The number of rotatable bonds is 8. The second-order valence-corrected chi connectivity index (χ2v) is 8.70. The first-order valence-corrected chi connectivity index (χ1v) is 11.1. The Balaban J connectivity index is 1.47. The molecule has 0 aliphatic carbocycles. The molecular weight excluding hydrogens is 444 g/mol. The number of hydrogen-bond acceptors (Lipinski definition) is 6. The number of nitrogens with one attached hydrogen (secondary N) is 2. The van der Waals surface area contributed by atoms with Crippen LogP contribution in [0.4, 0.5) is 10.8 Å². The fourth-order valence-corrected chi connectivity index (χ4v) is 4.14. The molecule has 3 amide bonds. The van der Waals surface area contributed by atoms with Crippen molar-refractivity contribution < 1.29 is 14.4 Å². The standard InChI is InChI=1S/C20H19ClN4O3S2/c1-25(11-18(27)23-16-7-3-2-6-15(16)21)19(28)9-13-12-30-20(22-13)24-17(26)10-14-5-4-8-29-14/h2-8,12H,9-11H2,1H3,(H,23,27)(H,22,24,26). The van der Waals surface area contributed by atoms with Crippen molar-refractivity contribution in [2.45, 2.75) is 12.8 Å². The first-order valence-electron chi connectivity index (χ1n) is 8.95. The van der Waals surface area contributed by atoms with Crippen molar-refractivity contribution in [2.75, 3.05) is 24.2 Å². The lowest BCUT2D eigenvalue weighted by atomic mass is 10.3. The van der Waals surface area contributed by atoms with Crippen molar-refractivity contribution >= 4 is 62.8 Å². The molecule has 1 aromatic carbocycles. The molecule has 10 heteroatoms. The van der Waals surface area contributed by atoms with Crippen LogP contribution >= 0.6 is 34.3 Å². The zero-order valence-corrected chi connectivity index (χ0v) is 18.4. The van der Waals surface area contributed by atoms with Gasteiger partial charge < -0.3 is 15.5 Å². The van der Waals surface area contributed by atoms with Gasteiger partial charge in [-0.1, -0.05) is 29.8 Å². The topological polar surface area (TPSA) is 91.4 Å². The predicted octanol–water partition coefficient (Wildman–Crippen LogP) is 3.68. The van der Waals surface area contributed by atoms with Gasteiger partial charge >= 0.3 is 0 Å². The van der Waals surface area contributed by atoms with Crippen LogP contribution in [-0.2, 0) is 27.2 Å². The minimum Gasteiger partial charge on any atom is -0.336 e. The van der Waals surface area contributed by atoms with Crippen LogP contribution < -0.4 is 10.6 Å². The summed E-state index contributed by atoms with van der Waals surface area (Å²) >= 11 is 8.79. The minimum atomic E-state index is -0.348. The zero-order chi connectivity index (χ0) is 21.5. The van der Waals surface area contributed by atoms with Crippen LogP contribution in [0.3, 0.4) is 0 Å². The summed E-state index contributed by atoms with van der Waals surface area (Å²) in [7, 11) is 1.55. The summed E-state index contributed by atoms with van der Waals surface area (Å²) in [6.45, 7) is -0.112. The van der Waals surface area contributed by atoms with E-state index in [2.05, 4.69) is 15.6 Å². The van der Waals surface area contributed by atoms with Crippen molar-refractivity contribution in [3.05, 3.63) is 62.8 Å².